The van der Waals surface area contributed by atoms with Crippen molar-refractivity contribution in [1.29, 1.82) is 0 Å². The molecule has 0 bridgehead atoms. The van der Waals surface area contributed by atoms with Crippen LogP contribution < -0.4 is 10.0 Å². The fourth-order valence-corrected chi connectivity index (χ4v) is 2.87. The van der Waals surface area contributed by atoms with Crippen LogP contribution in [-0.4, -0.2) is 32.2 Å². The molecule has 116 valence electrons. The zero-order valence-electron chi connectivity index (χ0n) is 12.4. The van der Waals surface area contributed by atoms with Gasteiger partial charge in [0.2, 0.25) is 5.09 Å². The lowest BCUT2D eigenvalue weighted by atomic mass is 10.1. The first-order valence-electron chi connectivity index (χ1n) is 6.71. The van der Waals surface area contributed by atoms with Crippen LogP contribution in [0.2, 0.25) is 0 Å². The van der Waals surface area contributed by atoms with Gasteiger partial charge >= 0.3 is 0 Å². The predicted molar refractivity (Wildman–Crippen MR) is 76.7 cm³/mol. The van der Waals surface area contributed by atoms with Crippen molar-refractivity contribution in [2.75, 3.05) is 6.61 Å². The van der Waals surface area contributed by atoms with Gasteiger partial charge in [0.15, 0.2) is 0 Å². The van der Waals surface area contributed by atoms with Crippen LogP contribution in [0.25, 0.3) is 0 Å². The van der Waals surface area contributed by atoms with Crippen molar-refractivity contribution in [1.82, 2.24) is 10.0 Å². The number of rotatable bonds is 8. The normalized spacial score (nSPS) is 14.2. The van der Waals surface area contributed by atoms with Crippen molar-refractivity contribution >= 4 is 10.0 Å². The number of aliphatic hydroxyl groups is 1. The first-order chi connectivity index (χ1) is 9.26. The Bertz CT molecular complexity index is 508. The summed E-state index contributed by atoms with van der Waals surface area (Å²) in [5, 5.41) is 12.2. The summed E-state index contributed by atoms with van der Waals surface area (Å²) in [6.45, 7) is 7.89. The first kappa shape index (κ1) is 17.2. The summed E-state index contributed by atoms with van der Waals surface area (Å²) >= 11 is 0. The highest BCUT2D eigenvalue weighted by molar-refractivity contribution is 7.89. The molecule has 3 N–H and O–H groups in total. The Hall–Kier alpha value is -0.890. The summed E-state index contributed by atoms with van der Waals surface area (Å²) < 4.78 is 32.0. The van der Waals surface area contributed by atoms with Crippen molar-refractivity contribution < 1.29 is 17.9 Å². The van der Waals surface area contributed by atoms with E-state index in [4.69, 9.17) is 4.42 Å². The maximum absolute atomic E-state index is 12.1. The molecule has 20 heavy (non-hydrogen) atoms. The first-order valence-corrected chi connectivity index (χ1v) is 8.20. The quantitative estimate of drug-likeness (QED) is 0.668. The van der Waals surface area contributed by atoms with Crippen LogP contribution in [0.15, 0.2) is 21.6 Å². The van der Waals surface area contributed by atoms with Crippen LogP contribution in [0.3, 0.4) is 0 Å². The molecule has 1 aromatic heterocycles. The molecule has 1 aromatic rings. The Kier molecular flexibility index (Phi) is 6.19. The zero-order valence-corrected chi connectivity index (χ0v) is 13.2. The summed E-state index contributed by atoms with van der Waals surface area (Å²) in [5.41, 5.74) is 0. The second-order valence-electron chi connectivity index (χ2n) is 5.41. The molecular weight excluding hydrogens is 280 g/mol. The Morgan fingerprint density at radius 3 is 2.40 bits per heavy atom. The van der Waals surface area contributed by atoms with E-state index in [9.17, 15) is 13.5 Å². The van der Waals surface area contributed by atoms with Gasteiger partial charge in [-0.15, -0.1) is 0 Å². The van der Waals surface area contributed by atoms with Gasteiger partial charge in [0.25, 0.3) is 10.0 Å². The van der Waals surface area contributed by atoms with E-state index in [-0.39, 0.29) is 23.7 Å². The minimum absolute atomic E-state index is 0.00758. The third-order valence-electron chi connectivity index (χ3n) is 2.89. The Morgan fingerprint density at radius 1 is 1.25 bits per heavy atom. The third-order valence-corrected chi connectivity index (χ3v) is 4.26. The predicted octanol–water partition coefficient (Wildman–Crippen LogP) is 1.07. The molecule has 0 aliphatic carbocycles. The second kappa shape index (κ2) is 7.21. The van der Waals surface area contributed by atoms with Crippen molar-refractivity contribution in [3.8, 4) is 0 Å². The van der Waals surface area contributed by atoms with E-state index in [0.717, 1.165) is 0 Å². The highest BCUT2D eigenvalue weighted by atomic mass is 32.2. The molecule has 7 heteroatoms. The molecule has 1 heterocycles. The van der Waals surface area contributed by atoms with Crippen LogP contribution in [0.1, 0.15) is 33.5 Å². The smallest absolute Gasteiger partial charge is 0.274 e. The number of furan rings is 1. The van der Waals surface area contributed by atoms with E-state index in [0.29, 0.717) is 12.3 Å². The molecule has 0 fully saturated rings. The Balaban J connectivity index is 2.77. The maximum Gasteiger partial charge on any atom is 0.274 e. The number of sulfonamides is 1. The molecule has 0 aliphatic heterocycles. The largest absolute Gasteiger partial charge is 0.447 e. The SMILES string of the molecule is CC(C)NCc1ccc(S(=O)(=O)N[C@H](CO)C(C)C)o1. The summed E-state index contributed by atoms with van der Waals surface area (Å²) in [6.07, 6.45) is 0. The molecule has 0 unspecified atom stereocenters. The lowest BCUT2D eigenvalue weighted by Gasteiger charge is -2.18. The van der Waals surface area contributed by atoms with Crippen LogP contribution in [0.4, 0.5) is 0 Å². The summed E-state index contributed by atoms with van der Waals surface area (Å²) in [4.78, 5) is 0. The van der Waals surface area contributed by atoms with Gasteiger partial charge < -0.3 is 14.8 Å². The van der Waals surface area contributed by atoms with Gasteiger partial charge in [0.05, 0.1) is 13.2 Å². The Morgan fingerprint density at radius 2 is 1.90 bits per heavy atom. The van der Waals surface area contributed by atoms with Crippen LogP contribution in [0, 0.1) is 5.92 Å². The maximum atomic E-state index is 12.1. The molecule has 0 aromatic carbocycles. The van der Waals surface area contributed by atoms with E-state index < -0.39 is 16.1 Å². The molecule has 0 amide bonds. The van der Waals surface area contributed by atoms with E-state index in [1.165, 1.54) is 6.07 Å². The van der Waals surface area contributed by atoms with Crippen LogP contribution in [0.5, 0.6) is 0 Å². The molecule has 0 radical (unpaired) electrons. The third kappa shape index (κ3) is 4.90. The van der Waals surface area contributed by atoms with Gasteiger partial charge in [-0.25, -0.2) is 13.1 Å². The van der Waals surface area contributed by atoms with E-state index in [1.807, 2.05) is 27.7 Å². The standard InChI is InChI=1S/C13H24N2O4S/c1-9(2)12(8-16)15-20(17,18)13-6-5-11(19-13)7-14-10(3)4/h5-6,9-10,12,14-16H,7-8H2,1-4H3/t12-/m1/s1. The average molecular weight is 304 g/mol. The van der Waals surface area contributed by atoms with E-state index >= 15 is 0 Å². The van der Waals surface area contributed by atoms with Crippen molar-refractivity contribution in [3.05, 3.63) is 17.9 Å². The molecule has 0 saturated heterocycles. The minimum Gasteiger partial charge on any atom is -0.447 e. The number of aliphatic hydroxyl groups excluding tert-OH is 1. The molecule has 0 aliphatic rings. The van der Waals surface area contributed by atoms with Crippen molar-refractivity contribution in [2.45, 2.75) is 51.4 Å². The number of nitrogens with one attached hydrogen (secondary N) is 2. The summed E-state index contributed by atoms with van der Waals surface area (Å²) in [6, 6.07) is 2.82. The Labute approximate surface area is 120 Å². The van der Waals surface area contributed by atoms with E-state index in [2.05, 4.69) is 10.0 Å². The second-order valence-corrected chi connectivity index (χ2v) is 7.06. The van der Waals surface area contributed by atoms with Crippen LogP contribution in [-0.2, 0) is 16.6 Å². The number of hydrogen-bond acceptors (Lipinski definition) is 5. The molecular formula is C13H24N2O4S. The van der Waals surface area contributed by atoms with Gasteiger partial charge in [-0.1, -0.05) is 27.7 Å². The summed E-state index contributed by atoms with van der Waals surface area (Å²) in [5.74, 6) is 0.552. The molecule has 6 nitrogen and oxygen atoms in total. The van der Waals surface area contributed by atoms with Crippen molar-refractivity contribution in [3.63, 3.8) is 0 Å². The number of hydrogen-bond donors (Lipinski definition) is 3. The molecule has 0 saturated carbocycles. The fourth-order valence-electron chi connectivity index (χ4n) is 1.54. The molecule has 1 rings (SSSR count). The van der Waals surface area contributed by atoms with Crippen LogP contribution >= 0.6 is 0 Å². The monoisotopic (exact) mass is 304 g/mol. The summed E-state index contributed by atoms with van der Waals surface area (Å²) in [7, 11) is -3.74. The fraction of sp³-hybridized carbons (Fsp3) is 0.692. The highest BCUT2D eigenvalue weighted by Gasteiger charge is 2.24. The molecule has 0 spiro atoms. The van der Waals surface area contributed by atoms with Crippen molar-refractivity contribution in [2.24, 2.45) is 5.92 Å². The van der Waals surface area contributed by atoms with Gasteiger partial charge in [0, 0.05) is 12.1 Å². The van der Waals surface area contributed by atoms with Gasteiger partial charge in [-0.05, 0) is 18.1 Å². The average Bonchev–Trinajstić information content (AvgIpc) is 2.82. The van der Waals surface area contributed by atoms with Gasteiger partial charge in [-0.2, -0.15) is 0 Å². The van der Waals surface area contributed by atoms with E-state index in [1.54, 1.807) is 6.07 Å². The minimum atomic E-state index is -3.74. The topological polar surface area (TPSA) is 91.6 Å². The van der Waals surface area contributed by atoms with Gasteiger partial charge in [0.1, 0.15) is 5.76 Å². The lowest BCUT2D eigenvalue weighted by molar-refractivity contribution is 0.227. The van der Waals surface area contributed by atoms with Gasteiger partial charge in [-0.3, -0.25) is 0 Å². The molecule has 1 atom stereocenters. The highest BCUT2D eigenvalue weighted by Crippen LogP contribution is 2.15. The zero-order chi connectivity index (χ0) is 15.3. The lowest BCUT2D eigenvalue weighted by Crippen LogP contribution is -2.40.